The number of benzene rings is 1. The van der Waals surface area contributed by atoms with Gasteiger partial charge in [0, 0.05) is 12.1 Å². The molecule has 1 amide bonds. The van der Waals surface area contributed by atoms with E-state index in [0.717, 1.165) is 25.0 Å². The second-order valence-corrected chi connectivity index (χ2v) is 5.72. The third-order valence-electron chi connectivity index (χ3n) is 4.09. The van der Waals surface area contributed by atoms with Gasteiger partial charge in [0.15, 0.2) is 6.61 Å². The average Bonchev–Trinajstić information content (AvgIpc) is 3.28. The van der Waals surface area contributed by atoms with E-state index in [4.69, 9.17) is 4.74 Å². The minimum absolute atomic E-state index is 0.0154. The van der Waals surface area contributed by atoms with Crippen LogP contribution in [0, 0.1) is 0 Å². The quantitative estimate of drug-likeness (QED) is 0.862. The first-order valence-corrected chi connectivity index (χ1v) is 7.48. The summed E-state index contributed by atoms with van der Waals surface area (Å²) in [5, 5.41) is 6.28. The zero-order chi connectivity index (χ0) is 13.9. The van der Waals surface area contributed by atoms with Gasteiger partial charge in [0.2, 0.25) is 0 Å². The van der Waals surface area contributed by atoms with Gasteiger partial charge >= 0.3 is 0 Å². The van der Waals surface area contributed by atoms with Gasteiger partial charge in [-0.3, -0.25) is 4.79 Å². The Hall–Kier alpha value is -1.55. The number of aryl methyl sites for hydroxylation is 1. The zero-order valence-corrected chi connectivity index (χ0v) is 11.9. The van der Waals surface area contributed by atoms with Crippen molar-refractivity contribution in [3.8, 4) is 5.75 Å². The maximum atomic E-state index is 11.6. The van der Waals surface area contributed by atoms with Crippen LogP contribution in [0.15, 0.2) is 18.2 Å². The van der Waals surface area contributed by atoms with E-state index in [1.165, 1.54) is 24.0 Å². The van der Waals surface area contributed by atoms with Crippen LogP contribution in [0.5, 0.6) is 5.75 Å². The van der Waals surface area contributed by atoms with E-state index in [0.29, 0.717) is 12.1 Å². The van der Waals surface area contributed by atoms with Gasteiger partial charge in [0.25, 0.3) is 5.91 Å². The van der Waals surface area contributed by atoms with Gasteiger partial charge in [0.1, 0.15) is 5.75 Å². The normalized spacial score (nSPS) is 21.1. The predicted molar refractivity (Wildman–Crippen MR) is 77.8 cm³/mol. The third-order valence-corrected chi connectivity index (χ3v) is 4.09. The molecule has 2 aliphatic rings. The maximum Gasteiger partial charge on any atom is 0.258 e. The van der Waals surface area contributed by atoms with Crippen molar-refractivity contribution in [2.75, 3.05) is 13.7 Å². The van der Waals surface area contributed by atoms with Crippen LogP contribution in [0.4, 0.5) is 0 Å². The van der Waals surface area contributed by atoms with Crippen LogP contribution in [0.25, 0.3) is 0 Å². The highest BCUT2D eigenvalue weighted by atomic mass is 16.5. The van der Waals surface area contributed by atoms with Crippen molar-refractivity contribution in [2.24, 2.45) is 0 Å². The molecule has 4 heteroatoms. The Morgan fingerprint density at radius 1 is 1.35 bits per heavy atom. The summed E-state index contributed by atoms with van der Waals surface area (Å²) in [4.78, 5) is 11.6. The molecule has 1 fully saturated rings. The van der Waals surface area contributed by atoms with E-state index in [1.54, 1.807) is 0 Å². The van der Waals surface area contributed by atoms with Crippen molar-refractivity contribution < 1.29 is 9.53 Å². The molecule has 0 saturated heterocycles. The third kappa shape index (κ3) is 3.12. The van der Waals surface area contributed by atoms with E-state index < -0.39 is 0 Å². The largest absolute Gasteiger partial charge is 0.484 e. The molecule has 2 aliphatic carbocycles. The van der Waals surface area contributed by atoms with Crippen LogP contribution in [-0.4, -0.2) is 25.6 Å². The molecule has 108 valence electrons. The number of hydrogen-bond donors (Lipinski definition) is 2. The number of carbonyl (C=O) groups is 1. The molecule has 1 atom stereocenters. The van der Waals surface area contributed by atoms with E-state index >= 15 is 0 Å². The van der Waals surface area contributed by atoms with E-state index in [-0.39, 0.29) is 12.5 Å². The van der Waals surface area contributed by atoms with Crippen molar-refractivity contribution in [3.63, 3.8) is 0 Å². The van der Waals surface area contributed by atoms with Crippen LogP contribution in [0.2, 0.25) is 0 Å². The second kappa shape index (κ2) is 5.83. The van der Waals surface area contributed by atoms with Gasteiger partial charge in [-0.05, 0) is 62.4 Å². The van der Waals surface area contributed by atoms with E-state index in [1.807, 2.05) is 13.1 Å². The van der Waals surface area contributed by atoms with Crippen molar-refractivity contribution in [1.82, 2.24) is 10.6 Å². The highest BCUT2D eigenvalue weighted by Gasteiger charge is 2.23. The molecule has 0 radical (unpaired) electrons. The Bertz CT molecular complexity index is 497. The maximum absolute atomic E-state index is 11.6. The summed E-state index contributed by atoms with van der Waals surface area (Å²) >= 11 is 0. The molecular formula is C16H22N2O2. The second-order valence-electron chi connectivity index (χ2n) is 5.72. The fourth-order valence-corrected chi connectivity index (χ4v) is 2.83. The molecule has 1 unspecified atom stereocenters. The number of amides is 1. The van der Waals surface area contributed by atoms with Gasteiger partial charge in [-0.1, -0.05) is 6.07 Å². The fraction of sp³-hybridized carbons (Fsp3) is 0.562. The van der Waals surface area contributed by atoms with Crippen LogP contribution in [-0.2, 0) is 11.2 Å². The van der Waals surface area contributed by atoms with Crippen molar-refractivity contribution in [2.45, 2.75) is 44.2 Å². The van der Waals surface area contributed by atoms with E-state index in [2.05, 4.69) is 22.8 Å². The number of hydrogen-bond acceptors (Lipinski definition) is 3. The molecular weight excluding hydrogens is 252 g/mol. The minimum atomic E-state index is -0.0154. The van der Waals surface area contributed by atoms with Crippen LogP contribution in [0.3, 0.4) is 0 Å². The van der Waals surface area contributed by atoms with Crippen LogP contribution >= 0.6 is 0 Å². The van der Waals surface area contributed by atoms with Crippen molar-refractivity contribution in [1.29, 1.82) is 0 Å². The van der Waals surface area contributed by atoms with Crippen LogP contribution < -0.4 is 15.4 Å². The zero-order valence-electron chi connectivity index (χ0n) is 11.9. The van der Waals surface area contributed by atoms with Gasteiger partial charge in [-0.15, -0.1) is 0 Å². The monoisotopic (exact) mass is 274 g/mol. The van der Waals surface area contributed by atoms with Gasteiger partial charge in [-0.2, -0.15) is 0 Å². The molecule has 1 saturated carbocycles. The van der Waals surface area contributed by atoms with Crippen molar-refractivity contribution in [3.05, 3.63) is 29.3 Å². The molecule has 0 bridgehead atoms. The predicted octanol–water partition coefficient (Wildman–Crippen LogP) is 1.94. The summed E-state index contributed by atoms with van der Waals surface area (Å²) in [6.07, 6.45) is 5.70. The SMILES string of the molecule is CNC1CCCc2cc(OCC(=O)NC3CC3)ccc21. The molecule has 1 aromatic carbocycles. The summed E-state index contributed by atoms with van der Waals surface area (Å²) in [6, 6.07) is 7.03. The molecule has 0 spiro atoms. The highest BCUT2D eigenvalue weighted by Crippen LogP contribution is 2.31. The minimum Gasteiger partial charge on any atom is -0.484 e. The number of carbonyl (C=O) groups excluding carboxylic acids is 1. The molecule has 1 aromatic rings. The lowest BCUT2D eigenvalue weighted by atomic mass is 9.87. The number of rotatable bonds is 5. The van der Waals surface area contributed by atoms with Gasteiger partial charge < -0.3 is 15.4 Å². The summed E-state index contributed by atoms with van der Waals surface area (Å²) in [5.74, 6) is 0.782. The van der Waals surface area contributed by atoms with E-state index in [9.17, 15) is 4.79 Å². The first kappa shape index (κ1) is 13.4. The molecule has 3 rings (SSSR count). The lowest BCUT2D eigenvalue weighted by Gasteiger charge is -2.25. The summed E-state index contributed by atoms with van der Waals surface area (Å²) in [7, 11) is 2.01. The lowest BCUT2D eigenvalue weighted by Crippen LogP contribution is -2.30. The Balaban J connectivity index is 1.61. The van der Waals surface area contributed by atoms with Crippen LogP contribution in [0.1, 0.15) is 42.9 Å². The molecule has 0 heterocycles. The molecule has 2 N–H and O–H groups in total. The molecule has 20 heavy (non-hydrogen) atoms. The smallest absolute Gasteiger partial charge is 0.258 e. The highest BCUT2D eigenvalue weighted by molar-refractivity contribution is 5.78. The summed E-state index contributed by atoms with van der Waals surface area (Å²) < 4.78 is 5.60. The number of nitrogens with one attached hydrogen (secondary N) is 2. The Labute approximate surface area is 119 Å². The summed E-state index contributed by atoms with van der Waals surface area (Å²) in [6.45, 7) is 0.116. The van der Waals surface area contributed by atoms with Gasteiger partial charge in [0.05, 0.1) is 0 Å². The standard InChI is InChI=1S/C16H22N2O2/c1-17-15-4-2-3-11-9-13(7-8-14(11)15)20-10-16(19)18-12-5-6-12/h7-9,12,15,17H,2-6,10H2,1H3,(H,18,19). The topological polar surface area (TPSA) is 50.4 Å². The Morgan fingerprint density at radius 2 is 2.20 bits per heavy atom. The lowest BCUT2D eigenvalue weighted by molar-refractivity contribution is -0.123. The Morgan fingerprint density at radius 3 is 2.95 bits per heavy atom. The first-order chi connectivity index (χ1) is 9.76. The molecule has 0 aromatic heterocycles. The fourth-order valence-electron chi connectivity index (χ4n) is 2.83. The van der Waals surface area contributed by atoms with Crippen molar-refractivity contribution >= 4 is 5.91 Å². The number of fused-ring (bicyclic) bond motifs is 1. The number of ether oxygens (including phenoxy) is 1. The molecule has 4 nitrogen and oxygen atoms in total. The average molecular weight is 274 g/mol. The molecule has 0 aliphatic heterocycles. The first-order valence-electron chi connectivity index (χ1n) is 7.48. The Kier molecular flexibility index (Phi) is 3.92. The van der Waals surface area contributed by atoms with Gasteiger partial charge in [-0.25, -0.2) is 0 Å². The summed E-state index contributed by atoms with van der Waals surface area (Å²) in [5.41, 5.74) is 2.71.